The Balaban J connectivity index is 2.65. The van der Waals surface area contributed by atoms with E-state index in [1.165, 1.54) is 11.8 Å². The normalized spacial score (nSPS) is 13.6. The molecule has 0 bridgehead atoms. The Morgan fingerprint density at radius 3 is 2.80 bits per heavy atom. The summed E-state index contributed by atoms with van der Waals surface area (Å²) in [5.41, 5.74) is 5.53. The number of benzene rings is 1. The molecule has 108 valence electrons. The first-order valence-corrected chi connectivity index (χ1v) is 7.55. The Morgan fingerprint density at radius 2 is 2.25 bits per heavy atom. The predicted molar refractivity (Wildman–Crippen MR) is 83.6 cm³/mol. The summed E-state index contributed by atoms with van der Waals surface area (Å²) in [6, 6.07) is 7.27. The van der Waals surface area contributed by atoms with Crippen molar-refractivity contribution in [3.8, 4) is 6.07 Å². The number of hydrogen-bond acceptors (Lipinski definition) is 4. The number of nitrogens with one attached hydrogen (secondary N) is 1. The number of nitrogen functional groups attached to an aromatic ring is 1. The number of amides is 1. The van der Waals surface area contributed by atoms with Gasteiger partial charge >= 0.3 is 0 Å². The van der Waals surface area contributed by atoms with E-state index in [9.17, 15) is 4.79 Å². The van der Waals surface area contributed by atoms with Crippen molar-refractivity contribution >= 4 is 35.0 Å². The molecule has 0 saturated heterocycles. The maximum Gasteiger partial charge on any atom is 0.231 e. The molecule has 4 nitrogen and oxygen atoms in total. The van der Waals surface area contributed by atoms with Gasteiger partial charge in [0.2, 0.25) is 5.91 Å². The fourth-order valence-corrected chi connectivity index (χ4v) is 2.44. The summed E-state index contributed by atoms with van der Waals surface area (Å²) in [4.78, 5) is 12.7. The zero-order valence-electron chi connectivity index (χ0n) is 11.7. The molecule has 0 spiro atoms. The van der Waals surface area contributed by atoms with Gasteiger partial charge in [-0.05, 0) is 31.0 Å². The zero-order valence-corrected chi connectivity index (χ0v) is 13.3. The van der Waals surface area contributed by atoms with Gasteiger partial charge in [-0.15, -0.1) is 11.8 Å². The van der Waals surface area contributed by atoms with Gasteiger partial charge in [-0.1, -0.05) is 25.4 Å². The van der Waals surface area contributed by atoms with Gasteiger partial charge in [-0.2, -0.15) is 5.26 Å². The number of nitriles is 1. The first kappa shape index (κ1) is 16.7. The summed E-state index contributed by atoms with van der Waals surface area (Å²) in [5.74, 6) is 0.0129. The number of hydrogen-bond donors (Lipinski definition) is 2. The maximum absolute atomic E-state index is 11.9. The number of anilines is 1. The first-order chi connectivity index (χ1) is 9.28. The zero-order chi connectivity index (χ0) is 15.3. The van der Waals surface area contributed by atoms with Crippen LogP contribution in [0.1, 0.15) is 20.8 Å². The van der Waals surface area contributed by atoms with Crippen LogP contribution in [0.5, 0.6) is 0 Å². The molecule has 1 rings (SSSR count). The number of halogens is 1. The minimum absolute atomic E-state index is 0.0256. The van der Waals surface area contributed by atoms with E-state index < -0.39 is 5.54 Å². The quantitative estimate of drug-likeness (QED) is 0.647. The number of nitrogens with two attached hydrogens (primary N) is 1. The highest BCUT2D eigenvalue weighted by Crippen LogP contribution is 2.28. The molecular weight excluding hydrogens is 294 g/mol. The van der Waals surface area contributed by atoms with Gasteiger partial charge in [0, 0.05) is 15.6 Å². The molecule has 1 aromatic carbocycles. The molecular formula is C14H18ClN3OS. The molecule has 0 radical (unpaired) electrons. The van der Waals surface area contributed by atoms with E-state index >= 15 is 0 Å². The van der Waals surface area contributed by atoms with E-state index in [0.29, 0.717) is 10.7 Å². The summed E-state index contributed by atoms with van der Waals surface area (Å²) < 4.78 is 0. The van der Waals surface area contributed by atoms with E-state index in [-0.39, 0.29) is 17.6 Å². The van der Waals surface area contributed by atoms with E-state index in [0.717, 1.165) is 4.90 Å². The summed E-state index contributed by atoms with van der Waals surface area (Å²) in [6.45, 7) is 5.51. The molecule has 0 aromatic heterocycles. The molecule has 0 aliphatic heterocycles. The van der Waals surface area contributed by atoms with Gasteiger partial charge in [0.05, 0.1) is 11.8 Å². The van der Waals surface area contributed by atoms with Gasteiger partial charge < -0.3 is 11.1 Å². The lowest BCUT2D eigenvalue weighted by molar-refractivity contribution is -0.120. The van der Waals surface area contributed by atoms with Crippen molar-refractivity contribution in [3.63, 3.8) is 0 Å². The van der Waals surface area contributed by atoms with Gasteiger partial charge in [0.1, 0.15) is 5.54 Å². The van der Waals surface area contributed by atoms with Crippen LogP contribution in [-0.2, 0) is 4.79 Å². The van der Waals surface area contributed by atoms with Crippen LogP contribution in [0, 0.1) is 17.2 Å². The Hall–Kier alpha value is -1.38. The van der Waals surface area contributed by atoms with Crippen molar-refractivity contribution in [2.75, 3.05) is 11.5 Å². The highest BCUT2D eigenvalue weighted by Gasteiger charge is 2.29. The molecule has 20 heavy (non-hydrogen) atoms. The van der Waals surface area contributed by atoms with Crippen LogP contribution in [0.3, 0.4) is 0 Å². The van der Waals surface area contributed by atoms with Crippen molar-refractivity contribution in [2.45, 2.75) is 31.2 Å². The van der Waals surface area contributed by atoms with Crippen molar-refractivity contribution in [1.29, 1.82) is 5.26 Å². The topological polar surface area (TPSA) is 78.9 Å². The molecule has 0 aliphatic carbocycles. The molecule has 1 aromatic rings. The molecule has 1 amide bonds. The molecule has 1 unspecified atom stereocenters. The first-order valence-electron chi connectivity index (χ1n) is 6.18. The third kappa shape index (κ3) is 4.32. The van der Waals surface area contributed by atoms with E-state index in [1.807, 2.05) is 13.8 Å². The second-order valence-corrected chi connectivity index (χ2v) is 6.44. The monoisotopic (exact) mass is 311 g/mol. The van der Waals surface area contributed by atoms with Crippen molar-refractivity contribution in [3.05, 3.63) is 23.2 Å². The summed E-state index contributed by atoms with van der Waals surface area (Å²) in [5, 5.41) is 12.5. The standard InChI is InChI=1S/C14H18ClN3OS/c1-9(2)14(3,8-16)18-13(19)7-20-12-6-10(15)4-5-11(12)17/h4-6,9H,7,17H2,1-3H3,(H,18,19). The van der Waals surface area contributed by atoms with E-state index in [1.54, 1.807) is 25.1 Å². The molecule has 1 atom stereocenters. The van der Waals surface area contributed by atoms with Crippen LogP contribution in [0.25, 0.3) is 0 Å². The Morgan fingerprint density at radius 1 is 1.60 bits per heavy atom. The Labute approximate surface area is 128 Å². The molecule has 3 N–H and O–H groups in total. The smallest absolute Gasteiger partial charge is 0.231 e. The number of thioether (sulfide) groups is 1. The second kappa shape index (κ2) is 6.87. The molecule has 0 saturated carbocycles. The average molecular weight is 312 g/mol. The highest BCUT2D eigenvalue weighted by atomic mass is 35.5. The third-order valence-electron chi connectivity index (χ3n) is 3.12. The summed E-state index contributed by atoms with van der Waals surface area (Å²) in [7, 11) is 0. The third-order valence-corrected chi connectivity index (χ3v) is 4.43. The van der Waals surface area contributed by atoms with Crippen LogP contribution in [-0.4, -0.2) is 17.2 Å². The van der Waals surface area contributed by atoms with E-state index in [4.69, 9.17) is 22.6 Å². The van der Waals surface area contributed by atoms with Gasteiger partial charge in [-0.3, -0.25) is 4.79 Å². The van der Waals surface area contributed by atoms with Crippen LogP contribution in [0.2, 0.25) is 5.02 Å². The lowest BCUT2D eigenvalue weighted by Crippen LogP contribution is -2.49. The number of carbonyl (C=O) groups excluding carboxylic acids is 1. The highest BCUT2D eigenvalue weighted by molar-refractivity contribution is 8.00. The van der Waals surface area contributed by atoms with Crippen LogP contribution in [0.4, 0.5) is 5.69 Å². The SMILES string of the molecule is CC(C)C(C)(C#N)NC(=O)CSc1cc(Cl)ccc1N. The Bertz CT molecular complexity index is 542. The number of rotatable bonds is 5. The van der Waals surface area contributed by atoms with Gasteiger partial charge in [0.25, 0.3) is 0 Å². The minimum atomic E-state index is -0.864. The largest absolute Gasteiger partial charge is 0.398 e. The second-order valence-electron chi connectivity index (χ2n) is 4.99. The fraction of sp³-hybridized carbons (Fsp3) is 0.429. The number of nitrogens with zero attached hydrogens (tertiary/aromatic N) is 1. The van der Waals surface area contributed by atoms with Crippen LogP contribution < -0.4 is 11.1 Å². The van der Waals surface area contributed by atoms with Crippen molar-refractivity contribution < 1.29 is 4.79 Å². The van der Waals surface area contributed by atoms with Gasteiger partial charge in [-0.25, -0.2) is 0 Å². The molecule has 0 heterocycles. The lowest BCUT2D eigenvalue weighted by Gasteiger charge is -2.27. The molecule has 0 aliphatic rings. The van der Waals surface area contributed by atoms with Crippen LogP contribution in [0.15, 0.2) is 23.1 Å². The molecule has 0 fully saturated rings. The summed E-state index contributed by atoms with van der Waals surface area (Å²) in [6.07, 6.45) is 0. The maximum atomic E-state index is 11.9. The average Bonchev–Trinajstić information content (AvgIpc) is 2.39. The van der Waals surface area contributed by atoms with E-state index in [2.05, 4.69) is 11.4 Å². The summed E-state index contributed by atoms with van der Waals surface area (Å²) >= 11 is 7.19. The van der Waals surface area contributed by atoms with Crippen molar-refractivity contribution in [2.24, 2.45) is 5.92 Å². The molecule has 6 heteroatoms. The fourth-order valence-electron chi connectivity index (χ4n) is 1.40. The predicted octanol–water partition coefficient (Wildman–Crippen LogP) is 3.07. The lowest BCUT2D eigenvalue weighted by atomic mass is 9.90. The van der Waals surface area contributed by atoms with Gasteiger partial charge in [0.15, 0.2) is 0 Å². The number of carbonyl (C=O) groups is 1. The Kier molecular flexibility index (Phi) is 5.73. The van der Waals surface area contributed by atoms with Crippen molar-refractivity contribution in [1.82, 2.24) is 5.32 Å². The minimum Gasteiger partial charge on any atom is -0.398 e. The van der Waals surface area contributed by atoms with Crippen LogP contribution >= 0.6 is 23.4 Å².